The third-order valence-corrected chi connectivity index (χ3v) is 10.1. The minimum atomic E-state index is -2.17. The normalized spacial score (nSPS) is 14.3. The average molecular weight is 450 g/mol. The van der Waals surface area contributed by atoms with Gasteiger partial charge in [0.25, 0.3) is 0 Å². The Morgan fingerprint density at radius 2 is 1.56 bits per heavy atom. The molecule has 0 spiro atoms. The van der Waals surface area contributed by atoms with Gasteiger partial charge in [-0.3, -0.25) is 0 Å². The van der Waals surface area contributed by atoms with Gasteiger partial charge in [-0.25, -0.2) is 4.39 Å². The molecule has 0 saturated heterocycles. The predicted molar refractivity (Wildman–Crippen MR) is 113 cm³/mol. The van der Waals surface area contributed by atoms with Crippen LogP contribution in [0.1, 0.15) is 44.0 Å². The molecule has 0 bridgehead atoms. The number of halogens is 2. The van der Waals surface area contributed by atoms with Gasteiger partial charge < -0.3 is 4.43 Å². The maximum absolute atomic E-state index is 13.4. The Bertz CT molecular complexity index is 813. The van der Waals surface area contributed by atoms with Gasteiger partial charge in [0.05, 0.1) is 12.1 Å². The molecule has 2 aromatic carbocycles. The highest BCUT2D eigenvalue weighted by molar-refractivity contribution is 9.10. The summed E-state index contributed by atoms with van der Waals surface area (Å²) >= 11 is 3.45. The second kappa shape index (κ2) is 8.57. The van der Waals surface area contributed by atoms with E-state index >= 15 is 0 Å². The van der Waals surface area contributed by atoms with Crippen molar-refractivity contribution in [3.05, 3.63) is 80.4 Å². The lowest BCUT2D eigenvalue weighted by atomic mass is 9.96. The smallest absolute Gasteiger partial charge is 0.192 e. The molecule has 27 heavy (non-hydrogen) atoms. The molecule has 2 atom stereocenters. The Hall–Kier alpha value is -1.66. The van der Waals surface area contributed by atoms with Crippen LogP contribution in [-0.4, -0.2) is 8.32 Å². The summed E-state index contributed by atoms with van der Waals surface area (Å²) < 4.78 is 21.0. The third kappa shape index (κ3) is 5.42. The summed E-state index contributed by atoms with van der Waals surface area (Å²) in [6, 6.07) is 13.3. The lowest BCUT2D eigenvalue weighted by Gasteiger charge is -2.41. The van der Waals surface area contributed by atoms with Crippen LogP contribution < -0.4 is 0 Å². The fourth-order valence-electron chi connectivity index (χ4n) is 2.48. The van der Waals surface area contributed by atoms with Gasteiger partial charge in [-0.05, 0) is 59.1 Å². The molecule has 144 valence electrons. The highest BCUT2D eigenvalue weighted by atomic mass is 79.9. The van der Waals surface area contributed by atoms with Crippen LogP contribution in [0.3, 0.4) is 0 Å². The molecule has 4 nitrogen and oxygen atoms in total. The van der Waals surface area contributed by atoms with Crippen molar-refractivity contribution in [2.45, 2.75) is 51.0 Å². The molecule has 0 amide bonds. The zero-order chi connectivity index (χ0) is 20.2. The zero-order valence-corrected chi connectivity index (χ0v) is 18.9. The minimum absolute atomic E-state index is 0.00961. The van der Waals surface area contributed by atoms with Crippen molar-refractivity contribution in [1.82, 2.24) is 0 Å². The van der Waals surface area contributed by atoms with E-state index in [2.05, 4.69) is 59.8 Å². The maximum Gasteiger partial charge on any atom is 0.192 e. The second-order valence-electron chi connectivity index (χ2n) is 8.05. The van der Waals surface area contributed by atoms with Gasteiger partial charge in [0, 0.05) is 9.38 Å². The van der Waals surface area contributed by atoms with Gasteiger partial charge in [0.1, 0.15) is 5.82 Å². The van der Waals surface area contributed by atoms with Crippen LogP contribution in [0, 0.1) is 5.82 Å². The van der Waals surface area contributed by atoms with E-state index in [-0.39, 0.29) is 10.9 Å². The molecule has 0 aromatic heterocycles. The summed E-state index contributed by atoms with van der Waals surface area (Å²) in [5, 5.41) is 4.02. The van der Waals surface area contributed by atoms with E-state index in [9.17, 15) is 9.92 Å². The number of benzene rings is 2. The molecule has 0 radical (unpaired) electrons. The summed E-state index contributed by atoms with van der Waals surface area (Å²) in [6.07, 6.45) is -0.458. The molecule has 0 N–H and O–H groups in total. The van der Waals surface area contributed by atoms with E-state index in [0.29, 0.717) is 0 Å². The van der Waals surface area contributed by atoms with Crippen molar-refractivity contribution in [3.8, 4) is 0 Å². The standard InChI is InChI=1S/C20H25BrFN3OSi/c1-20(2,3)27(4,5)26-19(15-6-10-16(21)11-7-15)18(24-25-23)14-8-12-17(22)13-9-14/h6-13,18-19H,1-5H3/t18-,19+/m0/s1. The van der Waals surface area contributed by atoms with E-state index < -0.39 is 20.5 Å². The van der Waals surface area contributed by atoms with Crippen molar-refractivity contribution in [2.24, 2.45) is 5.11 Å². The first-order valence-electron chi connectivity index (χ1n) is 8.78. The Morgan fingerprint density at radius 3 is 2.04 bits per heavy atom. The number of hydrogen-bond acceptors (Lipinski definition) is 2. The molecule has 0 fully saturated rings. The Balaban J connectivity index is 2.56. The van der Waals surface area contributed by atoms with Crippen LogP contribution in [0.2, 0.25) is 18.1 Å². The molecule has 7 heteroatoms. The molecular formula is C20H25BrFN3OSi. The topological polar surface area (TPSA) is 58.0 Å². The van der Waals surface area contributed by atoms with Crippen molar-refractivity contribution in [3.63, 3.8) is 0 Å². The van der Waals surface area contributed by atoms with Crippen molar-refractivity contribution < 1.29 is 8.82 Å². The summed E-state index contributed by atoms with van der Waals surface area (Å²) in [5.41, 5.74) is 10.8. The van der Waals surface area contributed by atoms with Crippen LogP contribution in [0.5, 0.6) is 0 Å². The summed E-state index contributed by atoms with van der Waals surface area (Å²) in [5.74, 6) is -0.330. The highest BCUT2D eigenvalue weighted by Gasteiger charge is 2.41. The monoisotopic (exact) mass is 449 g/mol. The molecular weight excluding hydrogens is 425 g/mol. The van der Waals surface area contributed by atoms with Crippen LogP contribution in [0.25, 0.3) is 10.4 Å². The van der Waals surface area contributed by atoms with E-state index in [1.165, 1.54) is 12.1 Å². The quantitative estimate of drug-likeness (QED) is 0.192. The van der Waals surface area contributed by atoms with Crippen molar-refractivity contribution in [2.75, 3.05) is 0 Å². The summed E-state index contributed by atoms with van der Waals surface area (Å²) in [4.78, 5) is 3.05. The molecule has 0 aliphatic rings. The summed E-state index contributed by atoms with van der Waals surface area (Å²) in [7, 11) is -2.17. The van der Waals surface area contributed by atoms with E-state index in [4.69, 9.17) is 4.43 Å². The SMILES string of the molecule is CC(C)(C)[Si](C)(C)O[C@H](c1ccc(Br)cc1)[C@@H](N=[N+]=[N-])c1ccc(F)cc1. The minimum Gasteiger partial charge on any atom is -0.409 e. The molecule has 2 aromatic rings. The molecule has 0 unspecified atom stereocenters. The molecule has 0 saturated carbocycles. The number of hydrogen-bond donors (Lipinski definition) is 0. The van der Waals surface area contributed by atoms with E-state index in [1.54, 1.807) is 12.1 Å². The predicted octanol–water partition coefficient (Wildman–Crippen LogP) is 7.70. The Labute approximate surface area is 169 Å². The first-order valence-corrected chi connectivity index (χ1v) is 12.5. The first kappa shape index (κ1) is 21.6. The van der Waals surface area contributed by atoms with Gasteiger partial charge in [-0.2, -0.15) is 0 Å². The van der Waals surface area contributed by atoms with Crippen LogP contribution in [0.4, 0.5) is 4.39 Å². The van der Waals surface area contributed by atoms with Crippen LogP contribution in [0.15, 0.2) is 58.1 Å². The Morgan fingerprint density at radius 1 is 1.04 bits per heavy atom. The fourth-order valence-corrected chi connectivity index (χ4v) is 4.00. The molecule has 0 aliphatic heterocycles. The maximum atomic E-state index is 13.4. The lowest BCUT2D eigenvalue weighted by Crippen LogP contribution is -2.42. The molecule has 2 rings (SSSR count). The van der Waals surface area contributed by atoms with Gasteiger partial charge >= 0.3 is 0 Å². The van der Waals surface area contributed by atoms with E-state index in [1.807, 2.05) is 24.3 Å². The zero-order valence-electron chi connectivity index (χ0n) is 16.3. The second-order valence-corrected chi connectivity index (χ2v) is 13.7. The first-order chi connectivity index (χ1) is 12.5. The molecule has 0 aliphatic carbocycles. The highest BCUT2D eigenvalue weighted by Crippen LogP contribution is 2.44. The number of azide groups is 1. The number of nitrogens with zero attached hydrogens (tertiary/aromatic N) is 3. The van der Waals surface area contributed by atoms with Crippen molar-refractivity contribution >= 4 is 24.2 Å². The Kier molecular flexibility index (Phi) is 6.86. The van der Waals surface area contributed by atoms with Gasteiger partial charge in [-0.15, -0.1) is 0 Å². The molecule has 0 heterocycles. The average Bonchev–Trinajstić information content (AvgIpc) is 2.59. The fraction of sp³-hybridized carbons (Fsp3) is 0.400. The van der Waals surface area contributed by atoms with E-state index in [0.717, 1.165) is 15.6 Å². The van der Waals surface area contributed by atoms with Crippen LogP contribution in [-0.2, 0) is 4.43 Å². The summed E-state index contributed by atoms with van der Waals surface area (Å²) in [6.45, 7) is 10.8. The van der Waals surface area contributed by atoms with Crippen molar-refractivity contribution in [1.29, 1.82) is 0 Å². The lowest BCUT2D eigenvalue weighted by molar-refractivity contribution is 0.154. The number of rotatable bonds is 6. The third-order valence-electron chi connectivity index (χ3n) is 5.10. The van der Waals surface area contributed by atoms with Crippen LogP contribution >= 0.6 is 15.9 Å². The van der Waals surface area contributed by atoms with Gasteiger partial charge in [-0.1, -0.05) is 66.1 Å². The largest absolute Gasteiger partial charge is 0.409 e. The van der Waals surface area contributed by atoms with Gasteiger partial charge in [0.15, 0.2) is 8.32 Å². The van der Waals surface area contributed by atoms with Gasteiger partial charge in [0.2, 0.25) is 0 Å².